The van der Waals surface area contributed by atoms with Gasteiger partial charge in [0.25, 0.3) is 0 Å². The molecule has 0 aliphatic carbocycles. The average Bonchev–Trinajstić information content (AvgIpc) is 3.26. The molecule has 0 radical (unpaired) electrons. The van der Waals surface area contributed by atoms with Crippen LogP contribution in [0.4, 0.5) is 0 Å². The van der Waals surface area contributed by atoms with E-state index in [1.54, 1.807) is 12.5 Å². The molecule has 0 unspecified atom stereocenters. The van der Waals surface area contributed by atoms with E-state index in [1.807, 2.05) is 54.6 Å². The molecule has 0 spiro atoms. The Bertz CT molecular complexity index is 764. The first kappa shape index (κ1) is 12.9. The Morgan fingerprint density at radius 1 is 0.773 bits per heavy atom. The highest BCUT2D eigenvalue weighted by molar-refractivity contribution is 5.95. The lowest BCUT2D eigenvalue weighted by atomic mass is 9.99. The maximum Gasteiger partial charge on any atom is 0.217 e. The fourth-order valence-electron chi connectivity index (χ4n) is 2.72. The Morgan fingerprint density at radius 3 is 2.18 bits per heavy atom. The highest BCUT2D eigenvalue weighted by atomic mass is 16.5. The van der Waals surface area contributed by atoms with Crippen molar-refractivity contribution in [1.29, 1.82) is 0 Å². The highest BCUT2D eigenvalue weighted by Gasteiger charge is 2.34. The number of aliphatic imine (C=N–C) groups is 1. The number of hydrogen-bond acceptors (Lipinski definition) is 3. The van der Waals surface area contributed by atoms with Crippen LogP contribution < -0.4 is 0 Å². The monoisotopic (exact) mass is 289 g/mol. The first-order valence-electron chi connectivity index (χ1n) is 7.29. The molecule has 1 aliphatic rings. The van der Waals surface area contributed by atoms with Gasteiger partial charge in [0, 0.05) is 11.1 Å². The molecule has 0 saturated carbocycles. The Hall–Kier alpha value is -2.81. The Labute approximate surface area is 128 Å². The van der Waals surface area contributed by atoms with Crippen LogP contribution >= 0.6 is 0 Å². The molecule has 3 aromatic rings. The fourth-order valence-corrected chi connectivity index (χ4v) is 2.72. The van der Waals surface area contributed by atoms with E-state index >= 15 is 0 Å². The maximum atomic E-state index is 6.15. The summed E-state index contributed by atoms with van der Waals surface area (Å²) in [4.78, 5) is 4.82. The SMILES string of the molecule is c1ccc(C2=N[C@@H](c3ccccc3)[C@H](c3ccoc3)O2)cc1. The molecule has 108 valence electrons. The van der Waals surface area contributed by atoms with E-state index in [-0.39, 0.29) is 12.1 Å². The summed E-state index contributed by atoms with van der Waals surface area (Å²) >= 11 is 0. The third-order valence-corrected chi connectivity index (χ3v) is 3.82. The number of hydrogen-bond donors (Lipinski definition) is 0. The van der Waals surface area contributed by atoms with E-state index in [9.17, 15) is 0 Å². The second-order valence-electron chi connectivity index (χ2n) is 5.25. The predicted molar refractivity (Wildman–Crippen MR) is 84.7 cm³/mol. The van der Waals surface area contributed by atoms with Gasteiger partial charge in [0.1, 0.15) is 6.04 Å². The van der Waals surface area contributed by atoms with Crippen molar-refractivity contribution in [2.45, 2.75) is 12.1 Å². The van der Waals surface area contributed by atoms with Gasteiger partial charge in [0.2, 0.25) is 5.90 Å². The molecule has 22 heavy (non-hydrogen) atoms. The van der Waals surface area contributed by atoms with Crippen LogP contribution in [-0.2, 0) is 4.74 Å². The third kappa shape index (κ3) is 2.31. The summed E-state index contributed by atoms with van der Waals surface area (Å²) in [6, 6.07) is 22.1. The Morgan fingerprint density at radius 2 is 1.50 bits per heavy atom. The molecular formula is C19H15NO2. The van der Waals surface area contributed by atoms with Crippen molar-refractivity contribution < 1.29 is 9.15 Å². The van der Waals surface area contributed by atoms with Crippen LogP contribution in [0.25, 0.3) is 0 Å². The van der Waals surface area contributed by atoms with Crippen LogP contribution in [0.1, 0.15) is 28.8 Å². The van der Waals surface area contributed by atoms with Crippen molar-refractivity contribution in [3.8, 4) is 0 Å². The van der Waals surface area contributed by atoms with Crippen LogP contribution in [0.5, 0.6) is 0 Å². The normalized spacial score (nSPS) is 20.5. The Balaban J connectivity index is 1.75. The molecular weight excluding hydrogens is 274 g/mol. The van der Waals surface area contributed by atoms with Crippen molar-refractivity contribution in [3.05, 3.63) is 95.9 Å². The summed E-state index contributed by atoms with van der Waals surface area (Å²) in [5.74, 6) is 0.681. The zero-order valence-electron chi connectivity index (χ0n) is 11.9. The molecule has 1 aromatic heterocycles. The standard InChI is InChI=1S/C19H15NO2/c1-3-7-14(8-4-1)17-18(16-11-12-21-13-16)22-19(20-17)15-9-5-2-6-10-15/h1-13,17-18H/t17-,18-/m0/s1. The summed E-state index contributed by atoms with van der Waals surface area (Å²) in [7, 11) is 0. The van der Waals surface area contributed by atoms with Gasteiger partial charge in [-0.05, 0) is 23.8 Å². The molecule has 0 fully saturated rings. The van der Waals surface area contributed by atoms with Gasteiger partial charge in [-0.2, -0.15) is 0 Å². The summed E-state index contributed by atoms with van der Waals surface area (Å²) < 4.78 is 11.4. The molecule has 0 amide bonds. The van der Waals surface area contributed by atoms with Crippen LogP contribution in [0, 0.1) is 0 Å². The number of rotatable bonds is 3. The van der Waals surface area contributed by atoms with Gasteiger partial charge >= 0.3 is 0 Å². The second kappa shape index (κ2) is 5.53. The minimum absolute atomic E-state index is 0.0611. The van der Waals surface area contributed by atoms with Gasteiger partial charge in [0.15, 0.2) is 6.10 Å². The van der Waals surface area contributed by atoms with Gasteiger partial charge in [0.05, 0.1) is 12.5 Å². The number of benzene rings is 2. The van der Waals surface area contributed by atoms with Crippen molar-refractivity contribution in [1.82, 2.24) is 0 Å². The first-order valence-corrected chi connectivity index (χ1v) is 7.29. The molecule has 3 heteroatoms. The predicted octanol–water partition coefficient (Wildman–Crippen LogP) is 4.54. The lowest BCUT2D eigenvalue weighted by Crippen LogP contribution is -2.08. The lowest BCUT2D eigenvalue weighted by Gasteiger charge is -2.16. The van der Waals surface area contributed by atoms with Crippen molar-refractivity contribution in [2.75, 3.05) is 0 Å². The molecule has 3 nitrogen and oxygen atoms in total. The molecule has 0 N–H and O–H groups in total. The molecule has 4 rings (SSSR count). The fraction of sp³-hybridized carbons (Fsp3) is 0.105. The summed E-state index contributed by atoms with van der Waals surface area (Å²) in [5, 5.41) is 0. The van der Waals surface area contributed by atoms with Gasteiger partial charge in [-0.15, -0.1) is 0 Å². The van der Waals surface area contributed by atoms with Crippen molar-refractivity contribution in [3.63, 3.8) is 0 Å². The van der Waals surface area contributed by atoms with Gasteiger partial charge in [-0.3, -0.25) is 0 Å². The summed E-state index contributed by atoms with van der Waals surface area (Å²) in [6.07, 6.45) is 3.24. The van der Waals surface area contributed by atoms with Crippen LogP contribution in [-0.4, -0.2) is 5.90 Å². The minimum Gasteiger partial charge on any atom is -0.472 e. The lowest BCUT2D eigenvalue weighted by molar-refractivity contribution is 0.196. The van der Waals surface area contributed by atoms with E-state index in [1.165, 1.54) is 0 Å². The van der Waals surface area contributed by atoms with Gasteiger partial charge in [-0.25, -0.2) is 4.99 Å². The largest absolute Gasteiger partial charge is 0.472 e. The number of furan rings is 1. The summed E-state index contributed by atoms with van der Waals surface area (Å²) in [5.41, 5.74) is 3.14. The van der Waals surface area contributed by atoms with E-state index in [2.05, 4.69) is 12.1 Å². The molecule has 2 atom stereocenters. The van der Waals surface area contributed by atoms with Crippen LogP contribution in [0.3, 0.4) is 0 Å². The smallest absolute Gasteiger partial charge is 0.217 e. The second-order valence-corrected chi connectivity index (χ2v) is 5.25. The maximum absolute atomic E-state index is 6.15. The van der Waals surface area contributed by atoms with E-state index in [4.69, 9.17) is 14.1 Å². The first-order chi connectivity index (χ1) is 10.9. The van der Waals surface area contributed by atoms with Crippen molar-refractivity contribution in [2.24, 2.45) is 4.99 Å². The van der Waals surface area contributed by atoms with Crippen LogP contribution in [0.15, 0.2) is 88.7 Å². The topological polar surface area (TPSA) is 34.7 Å². The molecule has 0 bridgehead atoms. The molecule has 0 saturated heterocycles. The third-order valence-electron chi connectivity index (χ3n) is 3.82. The molecule has 2 heterocycles. The van der Waals surface area contributed by atoms with Crippen LogP contribution in [0.2, 0.25) is 0 Å². The summed E-state index contributed by atoms with van der Waals surface area (Å²) in [6.45, 7) is 0. The zero-order valence-corrected chi connectivity index (χ0v) is 11.9. The molecule has 1 aliphatic heterocycles. The number of ether oxygens (including phenoxy) is 1. The zero-order chi connectivity index (χ0) is 14.8. The molecule has 2 aromatic carbocycles. The van der Waals surface area contributed by atoms with E-state index in [0.717, 1.165) is 16.7 Å². The van der Waals surface area contributed by atoms with E-state index < -0.39 is 0 Å². The van der Waals surface area contributed by atoms with Gasteiger partial charge < -0.3 is 9.15 Å². The highest BCUT2D eigenvalue weighted by Crippen LogP contribution is 2.41. The average molecular weight is 289 g/mol. The van der Waals surface area contributed by atoms with E-state index in [0.29, 0.717) is 5.90 Å². The minimum atomic E-state index is -0.156. The number of nitrogens with zero attached hydrogens (tertiary/aromatic N) is 1. The Kier molecular flexibility index (Phi) is 3.24. The van der Waals surface area contributed by atoms with Crippen molar-refractivity contribution >= 4 is 5.90 Å². The quantitative estimate of drug-likeness (QED) is 0.709. The van der Waals surface area contributed by atoms with Gasteiger partial charge in [-0.1, -0.05) is 48.5 Å².